The molecule has 1 rings (SSSR count). The highest BCUT2D eigenvalue weighted by Gasteiger charge is 2.31. The molecule has 1 aliphatic rings. The van der Waals surface area contributed by atoms with E-state index in [1.54, 1.807) is 0 Å². The van der Waals surface area contributed by atoms with Crippen molar-refractivity contribution in [2.75, 3.05) is 19.6 Å². The minimum Gasteiger partial charge on any atom is -0.342 e. The van der Waals surface area contributed by atoms with Crippen LogP contribution in [0.3, 0.4) is 0 Å². The molecule has 0 spiro atoms. The minimum absolute atomic E-state index is 0.197. The zero-order chi connectivity index (χ0) is 13.5. The fourth-order valence-corrected chi connectivity index (χ4v) is 3.05. The van der Waals surface area contributed by atoms with Crippen LogP contribution >= 0.6 is 0 Å². The van der Waals surface area contributed by atoms with Crippen LogP contribution in [0.5, 0.6) is 0 Å². The van der Waals surface area contributed by atoms with Crippen molar-refractivity contribution in [1.29, 1.82) is 0 Å². The van der Waals surface area contributed by atoms with Gasteiger partial charge in [0.25, 0.3) is 0 Å². The fourth-order valence-electron chi connectivity index (χ4n) is 3.05. The van der Waals surface area contributed by atoms with Gasteiger partial charge in [-0.3, -0.25) is 4.79 Å². The molecule has 3 unspecified atom stereocenters. The summed E-state index contributed by atoms with van der Waals surface area (Å²) in [4.78, 5) is 14.4. The first kappa shape index (κ1) is 15.5. The summed E-state index contributed by atoms with van der Waals surface area (Å²) in [5, 5.41) is 3.56. The first-order valence-corrected chi connectivity index (χ1v) is 7.66. The zero-order valence-electron chi connectivity index (χ0n) is 12.5. The van der Waals surface area contributed by atoms with Gasteiger partial charge in [-0.25, -0.2) is 0 Å². The SMILES string of the molecule is CCCC(C)C(=O)N1CCC(NCC)C(CC)C1. The van der Waals surface area contributed by atoms with Gasteiger partial charge in [0.05, 0.1) is 0 Å². The lowest BCUT2D eigenvalue weighted by Crippen LogP contribution is -2.51. The number of rotatable bonds is 6. The number of nitrogens with one attached hydrogen (secondary N) is 1. The summed E-state index contributed by atoms with van der Waals surface area (Å²) in [6.07, 6.45) is 4.38. The Hall–Kier alpha value is -0.570. The monoisotopic (exact) mass is 254 g/mol. The van der Waals surface area contributed by atoms with Gasteiger partial charge in [-0.2, -0.15) is 0 Å². The van der Waals surface area contributed by atoms with Crippen LogP contribution in [-0.2, 0) is 4.79 Å². The van der Waals surface area contributed by atoms with Gasteiger partial charge in [0, 0.05) is 25.0 Å². The summed E-state index contributed by atoms with van der Waals surface area (Å²) in [6, 6.07) is 0.602. The molecule has 106 valence electrons. The Bertz CT molecular complexity index is 255. The standard InChI is InChI=1S/C15H30N2O/c1-5-8-12(4)15(18)17-10-9-14(16-7-3)13(6-2)11-17/h12-14,16H,5-11H2,1-4H3. The highest BCUT2D eigenvalue weighted by atomic mass is 16.2. The van der Waals surface area contributed by atoms with Crippen molar-refractivity contribution in [2.45, 2.75) is 59.4 Å². The highest BCUT2D eigenvalue weighted by molar-refractivity contribution is 5.78. The maximum atomic E-state index is 12.3. The van der Waals surface area contributed by atoms with Crippen molar-refractivity contribution in [3.63, 3.8) is 0 Å². The van der Waals surface area contributed by atoms with Gasteiger partial charge in [-0.05, 0) is 25.3 Å². The topological polar surface area (TPSA) is 32.3 Å². The summed E-state index contributed by atoms with van der Waals surface area (Å²) in [5.41, 5.74) is 0. The van der Waals surface area contributed by atoms with E-state index < -0.39 is 0 Å². The Morgan fingerprint density at radius 3 is 2.67 bits per heavy atom. The lowest BCUT2D eigenvalue weighted by atomic mass is 9.89. The zero-order valence-corrected chi connectivity index (χ0v) is 12.5. The molecule has 1 heterocycles. The van der Waals surface area contributed by atoms with Crippen LogP contribution in [-0.4, -0.2) is 36.5 Å². The van der Waals surface area contributed by atoms with Gasteiger partial charge < -0.3 is 10.2 Å². The second-order valence-electron chi connectivity index (χ2n) is 5.60. The average molecular weight is 254 g/mol. The number of likely N-dealkylation sites (tertiary alicyclic amines) is 1. The number of hydrogen-bond donors (Lipinski definition) is 1. The van der Waals surface area contributed by atoms with Crippen LogP contribution in [0.1, 0.15) is 53.4 Å². The third-order valence-corrected chi connectivity index (χ3v) is 4.18. The van der Waals surface area contributed by atoms with E-state index in [0.29, 0.717) is 17.9 Å². The minimum atomic E-state index is 0.197. The fraction of sp³-hybridized carbons (Fsp3) is 0.933. The molecule has 0 radical (unpaired) electrons. The van der Waals surface area contributed by atoms with Crippen LogP contribution in [0.15, 0.2) is 0 Å². The van der Waals surface area contributed by atoms with Crippen LogP contribution in [0, 0.1) is 11.8 Å². The third-order valence-electron chi connectivity index (χ3n) is 4.18. The highest BCUT2D eigenvalue weighted by Crippen LogP contribution is 2.22. The second-order valence-corrected chi connectivity index (χ2v) is 5.60. The Labute approximate surface area is 112 Å². The number of hydrogen-bond acceptors (Lipinski definition) is 2. The van der Waals surface area contributed by atoms with Crippen LogP contribution < -0.4 is 5.32 Å². The molecule has 1 aliphatic heterocycles. The molecular weight excluding hydrogens is 224 g/mol. The Kier molecular flexibility index (Phi) is 6.69. The molecule has 1 saturated heterocycles. The molecule has 0 aromatic rings. The van der Waals surface area contributed by atoms with E-state index in [1.165, 1.54) is 0 Å². The number of carbonyl (C=O) groups excluding carboxylic acids is 1. The molecule has 3 atom stereocenters. The first-order valence-electron chi connectivity index (χ1n) is 7.66. The molecule has 0 aromatic carbocycles. The van der Waals surface area contributed by atoms with Crippen molar-refractivity contribution < 1.29 is 4.79 Å². The van der Waals surface area contributed by atoms with Gasteiger partial charge in [-0.15, -0.1) is 0 Å². The van der Waals surface area contributed by atoms with E-state index in [-0.39, 0.29) is 5.92 Å². The molecule has 0 bridgehead atoms. The van der Waals surface area contributed by atoms with Gasteiger partial charge in [0.1, 0.15) is 0 Å². The normalized spacial score (nSPS) is 26.1. The van der Waals surface area contributed by atoms with Crippen molar-refractivity contribution in [2.24, 2.45) is 11.8 Å². The maximum absolute atomic E-state index is 12.3. The first-order chi connectivity index (χ1) is 8.63. The molecule has 0 aromatic heterocycles. The van der Waals surface area contributed by atoms with E-state index in [9.17, 15) is 4.79 Å². The largest absolute Gasteiger partial charge is 0.342 e. The molecule has 1 N–H and O–H groups in total. The lowest BCUT2D eigenvalue weighted by molar-refractivity contribution is -0.137. The van der Waals surface area contributed by atoms with E-state index in [1.807, 2.05) is 0 Å². The van der Waals surface area contributed by atoms with Crippen LogP contribution in [0.4, 0.5) is 0 Å². The molecule has 1 amide bonds. The third kappa shape index (κ3) is 3.98. The van der Waals surface area contributed by atoms with Gasteiger partial charge in [0.2, 0.25) is 5.91 Å². The number of amides is 1. The van der Waals surface area contributed by atoms with E-state index in [2.05, 4.69) is 37.9 Å². The molecular formula is C15H30N2O. The Morgan fingerprint density at radius 1 is 1.39 bits per heavy atom. The van der Waals surface area contributed by atoms with E-state index in [4.69, 9.17) is 0 Å². The lowest BCUT2D eigenvalue weighted by Gasteiger charge is -2.39. The molecule has 18 heavy (non-hydrogen) atoms. The molecule has 0 saturated carbocycles. The van der Waals surface area contributed by atoms with Crippen molar-refractivity contribution >= 4 is 5.91 Å². The van der Waals surface area contributed by atoms with Crippen molar-refractivity contribution in [1.82, 2.24) is 10.2 Å². The molecule has 3 nitrogen and oxygen atoms in total. The predicted molar refractivity (Wildman–Crippen MR) is 76.5 cm³/mol. The van der Waals surface area contributed by atoms with Crippen LogP contribution in [0.2, 0.25) is 0 Å². The summed E-state index contributed by atoms with van der Waals surface area (Å²) in [6.45, 7) is 11.5. The molecule has 3 heteroatoms. The Morgan fingerprint density at radius 2 is 2.11 bits per heavy atom. The van der Waals surface area contributed by atoms with Crippen molar-refractivity contribution in [3.05, 3.63) is 0 Å². The summed E-state index contributed by atoms with van der Waals surface area (Å²) < 4.78 is 0. The van der Waals surface area contributed by atoms with Crippen molar-refractivity contribution in [3.8, 4) is 0 Å². The van der Waals surface area contributed by atoms with Gasteiger partial charge in [0.15, 0.2) is 0 Å². The quantitative estimate of drug-likeness (QED) is 0.790. The number of carbonyl (C=O) groups is 1. The average Bonchev–Trinajstić information content (AvgIpc) is 2.39. The summed E-state index contributed by atoms with van der Waals surface area (Å²) in [7, 11) is 0. The second kappa shape index (κ2) is 7.78. The predicted octanol–water partition coefficient (Wildman–Crippen LogP) is 2.66. The molecule has 1 fully saturated rings. The van der Waals surface area contributed by atoms with Gasteiger partial charge in [-0.1, -0.05) is 40.5 Å². The number of piperidine rings is 1. The summed E-state index contributed by atoms with van der Waals surface area (Å²) >= 11 is 0. The summed E-state index contributed by atoms with van der Waals surface area (Å²) in [5.74, 6) is 1.19. The van der Waals surface area contributed by atoms with E-state index in [0.717, 1.165) is 45.3 Å². The Balaban J connectivity index is 2.53. The van der Waals surface area contributed by atoms with Crippen LogP contribution in [0.25, 0.3) is 0 Å². The van der Waals surface area contributed by atoms with Gasteiger partial charge >= 0.3 is 0 Å². The molecule has 0 aliphatic carbocycles. The maximum Gasteiger partial charge on any atom is 0.225 e. The smallest absolute Gasteiger partial charge is 0.225 e. The van der Waals surface area contributed by atoms with E-state index >= 15 is 0 Å². The number of nitrogens with zero attached hydrogens (tertiary/aromatic N) is 1.